The standard InChI is InChI=1S/C14H11BrN4O/c1-8-3-2-4-10(12(8)16)14-18-13(19-20-14)11-6-5-9(15)7-17-11/h2-7H,16H2,1H3. The normalized spacial score (nSPS) is 10.7. The Kier molecular flexibility index (Phi) is 3.23. The topological polar surface area (TPSA) is 77.8 Å². The second-order valence-electron chi connectivity index (χ2n) is 4.32. The van der Waals surface area contributed by atoms with Gasteiger partial charge in [0.25, 0.3) is 5.89 Å². The van der Waals surface area contributed by atoms with E-state index in [0.29, 0.717) is 23.1 Å². The average Bonchev–Trinajstić information content (AvgIpc) is 2.92. The number of halogens is 1. The van der Waals surface area contributed by atoms with E-state index in [0.717, 1.165) is 15.6 Å². The van der Waals surface area contributed by atoms with Crippen molar-refractivity contribution in [3.8, 4) is 23.0 Å². The first kappa shape index (κ1) is 12.8. The van der Waals surface area contributed by atoms with Crippen molar-refractivity contribution in [3.05, 3.63) is 46.6 Å². The molecule has 0 spiro atoms. The molecule has 5 nitrogen and oxygen atoms in total. The number of aryl methyl sites for hydroxylation is 1. The summed E-state index contributed by atoms with van der Waals surface area (Å²) in [4.78, 5) is 8.58. The number of para-hydroxylation sites is 1. The summed E-state index contributed by atoms with van der Waals surface area (Å²) >= 11 is 3.33. The van der Waals surface area contributed by atoms with E-state index in [1.807, 2.05) is 37.3 Å². The quantitative estimate of drug-likeness (QED) is 0.728. The number of hydrogen-bond donors (Lipinski definition) is 1. The summed E-state index contributed by atoms with van der Waals surface area (Å²) in [5.41, 5.74) is 9.04. The fraction of sp³-hybridized carbons (Fsp3) is 0.0714. The maximum absolute atomic E-state index is 6.03. The van der Waals surface area contributed by atoms with Crippen LogP contribution in [0.1, 0.15) is 5.56 Å². The fourth-order valence-corrected chi connectivity index (χ4v) is 2.05. The maximum Gasteiger partial charge on any atom is 0.260 e. The van der Waals surface area contributed by atoms with Gasteiger partial charge in [0.15, 0.2) is 0 Å². The zero-order chi connectivity index (χ0) is 14.1. The number of rotatable bonds is 2. The molecule has 2 aromatic heterocycles. The van der Waals surface area contributed by atoms with E-state index in [1.54, 1.807) is 6.20 Å². The molecule has 0 saturated heterocycles. The highest BCUT2D eigenvalue weighted by atomic mass is 79.9. The third kappa shape index (κ3) is 2.30. The van der Waals surface area contributed by atoms with Crippen molar-refractivity contribution >= 4 is 21.6 Å². The minimum atomic E-state index is 0.394. The number of benzene rings is 1. The Morgan fingerprint density at radius 2 is 2.05 bits per heavy atom. The monoisotopic (exact) mass is 330 g/mol. The Bertz CT molecular complexity index is 752. The Labute approximate surface area is 124 Å². The van der Waals surface area contributed by atoms with E-state index in [2.05, 4.69) is 31.1 Å². The van der Waals surface area contributed by atoms with Crippen LogP contribution >= 0.6 is 15.9 Å². The zero-order valence-corrected chi connectivity index (χ0v) is 12.3. The summed E-state index contributed by atoms with van der Waals surface area (Å²) < 4.78 is 6.17. The molecule has 0 aliphatic rings. The molecule has 0 fully saturated rings. The zero-order valence-electron chi connectivity index (χ0n) is 10.7. The first-order chi connectivity index (χ1) is 9.65. The molecule has 20 heavy (non-hydrogen) atoms. The molecule has 3 rings (SSSR count). The number of anilines is 1. The van der Waals surface area contributed by atoms with Crippen LogP contribution < -0.4 is 5.73 Å². The van der Waals surface area contributed by atoms with Crippen LogP contribution in [0, 0.1) is 6.92 Å². The smallest absolute Gasteiger partial charge is 0.260 e. The van der Waals surface area contributed by atoms with Crippen molar-refractivity contribution in [2.45, 2.75) is 6.92 Å². The predicted octanol–water partition coefficient (Wildman–Crippen LogP) is 3.45. The Hall–Kier alpha value is -2.21. The Morgan fingerprint density at radius 1 is 1.20 bits per heavy atom. The lowest BCUT2D eigenvalue weighted by Crippen LogP contribution is -1.93. The van der Waals surface area contributed by atoms with Gasteiger partial charge in [-0.05, 0) is 46.6 Å². The highest BCUT2D eigenvalue weighted by molar-refractivity contribution is 9.10. The molecule has 2 N–H and O–H groups in total. The van der Waals surface area contributed by atoms with Crippen LogP contribution in [0.15, 0.2) is 45.5 Å². The molecular formula is C14H11BrN4O. The Balaban J connectivity index is 2.02. The third-order valence-corrected chi connectivity index (χ3v) is 3.41. The van der Waals surface area contributed by atoms with Crippen LogP contribution in [0.3, 0.4) is 0 Å². The molecule has 0 amide bonds. The second kappa shape index (κ2) is 5.05. The molecular weight excluding hydrogens is 320 g/mol. The van der Waals surface area contributed by atoms with Crippen LogP contribution in [-0.2, 0) is 0 Å². The predicted molar refractivity (Wildman–Crippen MR) is 79.8 cm³/mol. The van der Waals surface area contributed by atoms with Gasteiger partial charge in [0.1, 0.15) is 5.69 Å². The number of aromatic nitrogens is 3. The summed E-state index contributed by atoms with van der Waals surface area (Å²) in [5.74, 6) is 0.833. The van der Waals surface area contributed by atoms with Gasteiger partial charge >= 0.3 is 0 Å². The van der Waals surface area contributed by atoms with E-state index in [9.17, 15) is 0 Å². The minimum Gasteiger partial charge on any atom is -0.398 e. The Morgan fingerprint density at radius 3 is 2.80 bits per heavy atom. The summed E-state index contributed by atoms with van der Waals surface area (Å²) in [6.45, 7) is 1.94. The molecule has 1 aromatic carbocycles. The van der Waals surface area contributed by atoms with Gasteiger partial charge < -0.3 is 10.3 Å². The lowest BCUT2D eigenvalue weighted by molar-refractivity contribution is 0.432. The maximum atomic E-state index is 6.03. The lowest BCUT2D eigenvalue weighted by Gasteiger charge is -2.02. The van der Waals surface area contributed by atoms with Gasteiger partial charge in [-0.25, -0.2) is 0 Å². The molecule has 0 radical (unpaired) electrons. The van der Waals surface area contributed by atoms with Crippen molar-refractivity contribution in [1.29, 1.82) is 0 Å². The van der Waals surface area contributed by atoms with Gasteiger partial charge in [0.05, 0.1) is 5.56 Å². The van der Waals surface area contributed by atoms with Crippen molar-refractivity contribution in [3.63, 3.8) is 0 Å². The van der Waals surface area contributed by atoms with E-state index >= 15 is 0 Å². The lowest BCUT2D eigenvalue weighted by atomic mass is 10.1. The van der Waals surface area contributed by atoms with E-state index in [-0.39, 0.29) is 0 Å². The number of pyridine rings is 1. The van der Waals surface area contributed by atoms with Gasteiger partial charge in [0.2, 0.25) is 5.82 Å². The molecule has 6 heteroatoms. The van der Waals surface area contributed by atoms with Crippen LogP contribution in [0.25, 0.3) is 23.0 Å². The molecule has 0 aliphatic carbocycles. The van der Waals surface area contributed by atoms with Gasteiger partial charge in [-0.1, -0.05) is 17.3 Å². The summed E-state index contributed by atoms with van der Waals surface area (Å²) in [6, 6.07) is 9.39. The molecule has 0 saturated carbocycles. The highest BCUT2D eigenvalue weighted by Gasteiger charge is 2.14. The number of nitrogens with zero attached hydrogens (tertiary/aromatic N) is 3. The number of hydrogen-bond acceptors (Lipinski definition) is 5. The second-order valence-corrected chi connectivity index (χ2v) is 5.24. The SMILES string of the molecule is Cc1cccc(-c2nc(-c3ccc(Br)cn3)no2)c1N. The van der Waals surface area contributed by atoms with Gasteiger partial charge in [0, 0.05) is 16.4 Å². The molecule has 0 bridgehead atoms. The molecule has 100 valence electrons. The van der Waals surface area contributed by atoms with E-state index in [4.69, 9.17) is 10.3 Å². The molecule has 0 aliphatic heterocycles. The van der Waals surface area contributed by atoms with Crippen LogP contribution in [-0.4, -0.2) is 15.1 Å². The molecule has 0 unspecified atom stereocenters. The number of nitrogen functional groups attached to an aromatic ring is 1. The number of nitrogens with two attached hydrogens (primary N) is 1. The van der Waals surface area contributed by atoms with Crippen molar-refractivity contribution in [2.24, 2.45) is 0 Å². The van der Waals surface area contributed by atoms with E-state index in [1.165, 1.54) is 0 Å². The summed E-state index contributed by atoms with van der Waals surface area (Å²) in [7, 11) is 0. The van der Waals surface area contributed by atoms with Crippen molar-refractivity contribution in [1.82, 2.24) is 15.1 Å². The van der Waals surface area contributed by atoms with Gasteiger partial charge in [-0.2, -0.15) is 4.98 Å². The molecule has 0 atom stereocenters. The first-order valence-corrected chi connectivity index (χ1v) is 6.75. The molecule has 2 heterocycles. The highest BCUT2D eigenvalue weighted by Crippen LogP contribution is 2.28. The van der Waals surface area contributed by atoms with Crippen LogP contribution in [0.4, 0.5) is 5.69 Å². The van der Waals surface area contributed by atoms with Crippen molar-refractivity contribution < 1.29 is 4.52 Å². The third-order valence-electron chi connectivity index (χ3n) is 2.94. The summed E-state index contributed by atoms with van der Waals surface area (Å²) in [5, 5.41) is 3.94. The van der Waals surface area contributed by atoms with Crippen LogP contribution in [0.2, 0.25) is 0 Å². The van der Waals surface area contributed by atoms with Gasteiger partial charge in [-0.15, -0.1) is 0 Å². The molecule has 3 aromatic rings. The van der Waals surface area contributed by atoms with Gasteiger partial charge in [-0.3, -0.25) is 4.98 Å². The van der Waals surface area contributed by atoms with Crippen molar-refractivity contribution in [2.75, 3.05) is 5.73 Å². The summed E-state index contributed by atoms with van der Waals surface area (Å²) in [6.07, 6.45) is 1.69. The fourth-order valence-electron chi connectivity index (χ4n) is 1.81. The largest absolute Gasteiger partial charge is 0.398 e. The average molecular weight is 331 g/mol. The first-order valence-electron chi connectivity index (χ1n) is 5.96. The van der Waals surface area contributed by atoms with E-state index < -0.39 is 0 Å². The minimum absolute atomic E-state index is 0.394. The van der Waals surface area contributed by atoms with Crippen LogP contribution in [0.5, 0.6) is 0 Å².